The molecular weight excluding hydrogens is 412 g/mol. The molecule has 0 aliphatic carbocycles. The quantitative estimate of drug-likeness (QED) is 0.606. The van der Waals surface area contributed by atoms with Gasteiger partial charge < -0.3 is 25.4 Å². The van der Waals surface area contributed by atoms with Gasteiger partial charge in [0.25, 0.3) is 11.8 Å². The van der Waals surface area contributed by atoms with Crippen molar-refractivity contribution in [2.24, 2.45) is 0 Å². The number of benzene rings is 2. The van der Waals surface area contributed by atoms with Crippen LogP contribution < -0.4 is 20.7 Å². The number of fused-ring (bicyclic) bond motifs is 1. The first-order valence-electron chi connectivity index (χ1n) is 10.6. The van der Waals surface area contributed by atoms with Gasteiger partial charge in [-0.05, 0) is 35.9 Å². The number of hydrogen-bond donors (Lipinski definition) is 3. The minimum Gasteiger partial charge on any atom is -0.482 e. The third-order valence-corrected chi connectivity index (χ3v) is 5.30. The third kappa shape index (κ3) is 5.83. The van der Waals surface area contributed by atoms with Gasteiger partial charge in [0.2, 0.25) is 5.91 Å². The van der Waals surface area contributed by atoms with Gasteiger partial charge >= 0.3 is 0 Å². The van der Waals surface area contributed by atoms with Crippen LogP contribution in [0.15, 0.2) is 42.5 Å². The molecule has 0 radical (unpaired) electrons. The monoisotopic (exact) mass is 438 g/mol. The fraction of sp³-hybridized carbons (Fsp3) is 0.348. The largest absolute Gasteiger partial charge is 0.482 e. The number of morpholine rings is 1. The van der Waals surface area contributed by atoms with E-state index in [-0.39, 0.29) is 24.3 Å². The molecular formula is C23H26N4O5. The molecule has 9 nitrogen and oxygen atoms in total. The van der Waals surface area contributed by atoms with Gasteiger partial charge in [-0.2, -0.15) is 0 Å². The fourth-order valence-electron chi connectivity index (χ4n) is 3.58. The lowest BCUT2D eigenvalue weighted by molar-refractivity contribution is -0.118. The van der Waals surface area contributed by atoms with Crippen molar-refractivity contribution in [3.05, 3.63) is 53.6 Å². The van der Waals surface area contributed by atoms with Crippen LogP contribution in [0.25, 0.3) is 0 Å². The van der Waals surface area contributed by atoms with Crippen LogP contribution in [0.1, 0.15) is 22.3 Å². The topological polar surface area (TPSA) is 109 Å². The molecule has 2 aromatic rings. The van der Waals surface area contributed by atoms with E-state index in [9.17, 15) is 14.4 Å². The Morgan fingerprint density at radius 1 is 1.09 bits per heavy atom. The molecule has 4 rings (SSSR count). The molecule has 1 saturated heterocycles. The van der Waals surface area contributed by atoms with Crippen molar-refractivity contribution in [2.45, 2.75) is 13.0 Å². The van der Waals surface area contributed by atoms with Crippen molar-refractivity contribution in [1.29, 1.82) is 0 Å². The Labute approximate surface area is 186 Å². The molecule has 32 heavy (non-hydrogen) atoms. The number of rotatable bonds is 7. The van der Waals surface area contributed by atoms with Crippen molar-refractivity contribution in [3.63, 3.8) is 0 Å². The predicted molar refractivity (Wildman–Crippen MR) is 119 cm³/mol. The van der Waals surface area contributed by atoms with E-state index in [4.69, 9.17) is 9.47 Å². The first kappa shape index (κ1) is 21.8. The van der Waals surface area contributed by atoms with Crippen LogP contribution in [0, 0.1) is 0 Å². The Balaban J connectivity index is 1.28. The maximum Gasteiger partial charge on any atom is 0.262 e. The zero-order valence-electron chi connectivity index (χ0n) is 17.7. The SMILES string of the molecule is O=C(CCN1CCOCC1)Nc1cccc(CNC(=O)c2ccc3c(c2)NC(=O)CO3)c1. The summed E-state index contributed by atoms with van der Waals surface area (Å²) in [6.07, 6.45) is 0.416. The molecule has 2 aliphatic rings. The summed E-state index contributed by atoms with van der Waals surface area (Å²) >= 11 is 0. The van der Waals surface area contributed by atoms with E-state index in [1.165, 1.54) is 0 Å². The van der Waals surface area contributed by atoms with Crippen LogP contribution in [0.2, 0.25) is 0 Å². The number of nitrogens with zero attached hydrogens (tertiary/aromatic N) is 1. The van der Waals surface area contributed by atoms with Crippen molar-refractivity contribution >= 4 is 29.1 Å². The molecule has 2 aromatic carbocycles. The standard InChI is InChI=1S/C23H26N4O5/c28-21(6-7-27-8-10-31-11-9-27)25-18-3-1-2-16(12-18)14-24-23(30)17-4-5-20-19(13-17)26-22(29)15-32-20/h1-5,12-13H,6-11,14-15H2,(H,24,30)(H,25,28)(H,26,29). The lowest BCUT2D eigenvalue weighted by Gasteiger charge is -2.26. The zero-order valence-corrected chi connectivity index (χ0v) is 17.7. The van der Waals surface area contributed by atoms with Crippen molar-refractivity contribution in [3.8, 4) is 5.75 Å². The molecule has 0 bridgehead atoms. The average molecular weight is 438 g/mol. The molecule has 2 heterocycles. The van der Waals surface area contributed by atoms with E-state index in [2.05, 4.69) is 20.9 Å². The van der Waals surface area contributed by atoms with Crippen LogP contribution >= 0.6 is 0 Å². The first-order valence-corrected chi connectivity index (χ1v) is 10.6. The summed E-state index contributed by atoms with van der Waals surface area (Å²) in [6, 6.07) is 12.3. The Morgan fingerprint density at radius 3 is 2.78 bits per heavy atom. The van der Waals surface area contributed by atoms with Crippen LogP contribution in [-0.2, 0) is 20.9 Å². The van der Waals surface area contributed by atoms with Gasteiger partial charge in [-0.15, -0.1) is 0 Å². The second-order valence-corrected chi connectivity index (χ2v) is 7.68. The summed E-state index contributed by atoms with van der Waals surface area (Å²) in [5, 5.41) is 8.47. The van der Waals surface area contributed by atoms with Gasteiger partial charge in [0.1, 0.15) is 5.75 Å². The van der Waals surface area contributed by atoms with Crippen LogP contribution in [0.3, 0.4) is 0 Å². The van der Waals surface area contributed by atoms with E-state index in [0.29, 0.717) is 55.4 Å². The molecule has 3 amide bonds. The van der Waals surface area contributed by atoms with Crippen molar-refractivity contribution < 1.29 is 23.9 Å². The maximum atomic E-state index is 12.5. The number of nitrogens with one attached hydrogen (secondary N) is 3. The van der Waals surface area contributed by atoms with Crippen LogP contribution in [-0.4, -0.2) is 62.1 Å². The van der Waals surface area contributed by atoms with Gasteiger partial charge in [-0.25, -0.2) is 0 Å². The summed E-state index contributed by atoms with van der Waals surface area (Å²) in [5.74, 6) is -0.0272. The maximum absolute atomic E-state index is 12.5. The average Bonchev–Trinajstić information content (AvgIpc) is 2.81. The number of hydrogen-bond acceptors (Lipinski definition) is 6. The highest BCUT2D eigenvalue weighted by Gasteiger charge is 2.18. The van der Waals surface area contributed by atoms with Gasteiger partial charge in [0.15, 0.2) is 6.61 Å². The number of carbonyl (C=O) groups is 3. The van der Waals surface area contributed by atoms with Gasteiger partial charge in [0.05, 0.1) is 18.9 Å². The van der Waals surface area contributed by atoms with Gasteiger partial charge in [-0.3, -0.25) is 19.3 Å². The third-order valence-electron chi connectivity index (χ3n) is 5.30. The Bertz CT molecular complexity index is 1000. The highest BCUT2D eigenvalue weighted by Crippen LogP contribution is 2.28. The number of amides is 3. The smallest absolute Gasteiger partial charge is 0.262 e. The molecule has 0 saturated carbocycles. The minimum absolute atomic E-state index is 0.0291. The summed E-state index contributed by atoms with van der Waals surface area (Å²) in [6.45, 7) is 4.11. The Hall–Kier alpha value is -3.43. The van der Waals surface area contributed by atoms with E-state index < -0.39 is 0 Å². The second-order valence-electron chi connectivity index (χ2n) is 7.68. The first-order chi connectivity index (χ1) is 15.6. The number of carbonyl (C=O) groups excluding carboxylic acids is 3. The van der Waals surface area contributed by atoms with Gasteiger partial charge in [0, 0.05) is 43.9 Å². The zero-order chi connectivity index (χ0) is 22.3. The molecule has 9 heteroatoms. The molecule has 0 atom stereocenters. The highest BCUT2D eigenvalue weighted by atomic mass is 16.5. The van der Waals surface area contributed by atoms with E-state index in [1.54, 1.807) is 18.2 Å². The fourth-order valence-corrected chi connectivity index (χ4v) is 3.58. The van der Waals surface area contributed by atoms with Crippen LogP contribution in [0.4, 0.5) is 11.4 Å². The van der Waals surface area contributed by atoms with E-state index >= 15 is 0 Å². The molecule has 3 N–H and O–H groups in total. The molecule has 0 spiro atoms. The van der Waals surface area contributed by atoms with Crippen molar-refractivity contribution in [2.75, 3.05) is 50.1 Å². The molecule has 168 valence electrons. The van der Waals surface area contributed by atoms with Gasteiger partial charge in [-0.1, -0.05) is 12.1 Å². The van der Waals surface area contributed by atoms with E-state index in [0.717, 1.165) is 18.7 Å². The Kier molecular flexibility index (Phi) is 6.98. The van der Waals surface area contributed by atoms with E-state index in [1.807, 2.05) is 24.3 Å². The summed E-state index contributed by atoms with van der Waals surface area (Å²) < 4.78 is 10.6. The number of anilines is 2. The van der Waals surface area contributed by atoms with Crippen LogP contribution in [0.5, 0.6) is 5.75 Å². The minimum atomic E-state index is -0.271. The lowest BCUT2D eigenvalue weighted by atomic mass is 10.1. The normalized spacial score (nSPS) is 15.8. The lowest BCUT2D eigenvalue weighted by Crippen LogP contribution is -2.38. The number of ether oxygens (including phenoxy) is 2. The second kappa shape index (κ2) is 10.3. The summed E-state index contributed by atoms with van der Waals surface area (Å²) in [7, 11) is 0. The van der Waals surface area contributed by atoms with Crippen molar-refractivity contribution in [1.82, 2.24) is 10.2 Å². The summed E-state index contributed by atoms with van der Waals surface area (Å²) in [4.78, 5) is 38.5. The molecule has 0 aromatic heterocycles. The predicted octanol–water partition coefficient (Wildman–Crippen LogP) is 1.61. The molecule has 1 fully saturated rings. The molecule has 0 unspecified atom stereocenters. The molecule has 2 aliphatic heterocycles. The summed E-state index contributed by atoms with van der Waals surface area (Å²) in [5.41, 5.74) is 2.45. The highest BCUT2D eigenvalue weighted by molar-refractivity contribution is 5.99. The Morgan fingerprint density at radius 2 is 1.94 bits per heavy atom.